The van der Waals surface area contributed by atoms with Crippen LogP contribution in [0.4, 0.5) is 15.9 Å². The van der Waals surface area contributed by atoms with Crippen molar-refractivity contribution in [2.45, 2.75) is 33.1 Å². The minimum Gasteiger partial charge on any atom is -0.478 e. The van der Waals surface area contributed by atoms with Gasteiger partial charge in [-0.3, -0.25) is 4.68 Å². The highest BCUT2D eigenvalue weighted by Gasteiger charge is 2.29. The van der Waals surface area contributed by atoms with Gasteiger partial charge < -0.3 is 10.4 Å². The summed E-state index contributed by atoms with van der Waals surface area (Å²) in [5, 5.41) is 17.4. The zero-order chi connectivity index (χ0) is 20.6. The van der Waals surface area contributed by atoms with Gasteiger partial charge in [0.1, 0.15) is 11.6 Å². The topological polar surface area (TPSA) is 67.2 Å². The summed E-state index contributed by atoms with van der Waals surface area (Å²) in [4.78, 5) is 11.7. The van der Waals surface area contributed by atoms with E-state index in [0.29, 0.717) is 22.6 Å². The Labute approximate surface area is 163 Å². The molecule has 0 bridgehead atoms. The van der Waals surface area contributed by atoms with E-state index in [4.69, 9.17) is 0 Å². The van der Waals surface area contributed by atoms with Crippen LogP contribution in [0.15, 0.2) is 42.5 Å². The Balaban J connectivity index is 2.25. The predicted molar refractivity (Wildman–Crippen MR) is 109 cm³/mol. The first-order chi connectivity index (χ1) is 13.1. The SMILES string of the molecule is Cc1ccc(Nc2c(-c3ccccc3F)c(C(C)(C)C)nn2C)c(C(=O)O)c1. The fourth-order valence-corrected chi connectivity index (χ4v) is 3.18. The van der Waals surface area contributed by atoms with Crippen LogP contribution in [-0.4, -0.2) is 20.9 Å². The molecule has 0 saturated heterocycles. The molecule has 146 valence electrons. The zero-order valence-corrected chi connectivity index (χ0v) is 16.7. The molecule has 0 atom stereocenters. The molecule has 5 nitrogen and oxygen atoms in total. The second-order valence-electron chi connectivity index (χ2n) is 7.90. The van der Waals surface area contributed by atoms with E-state index in [2.05, 4.69) is 10.4 Å². The molecule has 0 aliphatic carbocycles. The lowest BCUT2D eigenvalue weighted by Crippen LogP contribution is -2.14. The number of rotatable bonds is 4. The first-order valence-corrected chi connectivity index (χ1v) is 9.03. The van der Waals surface area contributed by atoms with Gasteiger partial charge in [-0.25, -0.2) is 9.18 Å². The van der Waals surface area contributed by atoms with Crippen molar-refractivity contribution in [3.05, 3.63) is 65.1 Å². The molecule has 0 amide bonds. The maximum atomic E-state index is 14.7. The third-order valence-corrected chi connectivity index (χ3v) is 4.56. The lowest BCUT2D eigenvalue weighted by molar-refractivity contribution is 0.0698. The maximum Gasteiger partial charge on any atom is 0.337 e. The van der Waals surface area contributed by atoms with Crippen molar-refractivity contribution in [3.8, 4) is 11.1 Å². The Morgan fingerprint density at radius 3 is 2.46 bits per heavy atom. The monoisotopic (exact) mass is 381 g/mol. The van der Waals surface area contributed by atoms with Crippen molar-refractivity contribution in [3.63, 3.8) is 0 Å². The van der Waals surface area contributed by atoms with Crippen molar-refractivity contribution in [1.29, 1.82) is 0 Å². The minimum absolute atomic E-state index is 0.151. The largest absolute Gasteiger partial charge is 0.478 e. The number of halogens is 1. The third kappa shape index (κ3) is 3.63. The molecule has 1 heterocycles. The molecular formula is C22H24FN3O2. The van der Waals surface area contributed by atoms with Crippen molar-refractivity contribution < 1.29 is 14.3 Å². The number of hydrogen-bond acceptors (Lipinski definition) is 3. The van der Waals surface area contributed by atoms with E-state index < -0.39 is 5.97 Å². The molecular weight excluding hydrogens is 357 g/mol. The number of aryl methyl sites for hydroxylation is 2. The predicted octanol–water partition coefficient (Wildman–Crippen LogP) is 5.27. The molecule has 1 aromatic heterocycles. The fraction of sp³-hybridized carbons (Fsp3) is 0.273. The Morgan fingerprint density at radius 1 is 1.18 bits per heavy atom. The summed E-state index contributed by atoms with van der Waals surface area (Å²) >= 11 is 0. The number of benzene rings is 2. The summed E-state index contributed by atoms with van der Waals surface area (Å²) in [5.41, 5.74) is 2.87. The summed E-state index contributed by atoms with van der Waals surface area (Å²) < 4.78 is 16.3. The molecule has 0 spiro atoms. The second-order valence-corrected chi connectivity index (χ2v) is 7.90. The quantitative estimate of drug-likeness (QED) is 0.646. The second kappa shape index (κ2) is 7.11. The summed E-state index contributed by atoms with van der Waals surface area (Å²) in [6.45, 7) is 7.87. The smallest absolute Gasteiger partial charge is 0.337 e. The summed E-state index contributed by atoms with van der Waals surface area (Å²) in [6.07, 6.45) is 0. The Hall–Kier alpha value is -3.15. The third-order valence-electron chi connectivity index (χ3n) is 4.56. The molecule has 0 aliphatic rings. The number of hydrogen-bond donors (Lipinski definition) is 2. The van der Waals surface area contributed by atoms with Crippen LogP contribution in [0.2, 0.25) is 0 Å². The van der Waals surface area contributed by atoms with Crippen LogP contribution in [0.5, 0.6) is 0 Å². The number of carboxylic acids is 1. The van der Waals surface area contributed by atoms with E-state index in [1.165, 1.54) is 6.07 Å². The van der Waals surface area contributed by atoms with Gasteiger partial charge in [-0.2, -0.15) is 5.10 Å². The van der Waals surface area contributed by atoms with E-state index in [0.717, 1.165) is 11.3 Å². The number of anilines is 2. The highest BCUT2D eigenvalue weighted by Crippen LogP contribution is 2.40. The lowest BCUT2D eigenvalue weighted by atomic mass is 9.87. The van der Waals surface area contributed by atoms with Gasteiger partial charge in [0.2, 0.25) is 0 Å². The van der Waals surface area contributed by atoms with E-state index in [-0.39, 0.29) is 16.8 Å². The fourth-order valence-electron chi connectivity index (χ4n) is 3.18. The average molecular weight is 381 g/mol. The molecule has 0 aliphatic heterocycles. The number of nitrogens with zero attached hydrogens (tertiary/aromatic N) is 2. The molecule has 0 fully saturated rings. The van der Waals surface area contributed by atoms with Crippen LogP contribution >= 0.6 is 0 Å². The highest BCUT2D eigenvalue weighted by molar-refractivity contribution is 5.96. The van der Waals surface area contributed by atoms with Crippen molar-refractivity contribution in [2.75, 3.05) is 5.32 Å². The van der Waals surface area contributed by atoms with Crippen LogP contribution in [0.1, 0.15) is 42.4 Å². The van der Waals surface area contributed by atoms with Crippen LogP contribution < -0.4 is 5.32 Å². The van der Waals surface area contributed by atoms with Crippen molar-refractivity contribution in [2.24, 2.45) is 7.05 Å². The molecule has 2 aromatic carbocycles. The normalized spacial score (nSPS) is 11.5. The standard InChI is InChI=1S/C22H24FN3O2/c1-13-10-11-17(15(12-13)21(27)28)24-20-18(14-8-6-7-9-16(14)23)19(22(2,3)4)25-26(20)5/h6-12,24H,1-5H3,(H,27,28). The van der Waals surface area contributed by atoms with E-state index >= 15 is 0 Å². The highest BCUT2D eigenvalue weighted by atomic mass is 19.1. The van der Waals surface area contributed by atoms with Gasteiger partial charge in [-0.1, -0.05) is 50.6 Å². The molecule has 3 rings (SSSR count). The molecule has 2 N–H and O–H groups in total. The van der Waals surface area contributed by atoms with Crippen LogP contribution in [0, 0.1) is 12.7 Å². The van der Waals surface area contributed by atoms with Gasteiger partial charge in [-0.15, -0.1) is 0 Å². The first-order valence-electron chi connectivity index (χ1n) is 9.03. The molecule has 0 unspecified atom stereocenters. The van der Waals surface area contributed by atoms with Gasteiger partial charge in [0.15, 0.2) is 0 Å². The summed E-state index contributed by atoms with van der Waals surface area (Å²) in [7, 11) is 1.76. The van der Waals surface area contributed by atoms with Crippen LogP contribution in [0.25, 0.3) is 11.1 Å². The summed E-state index contributed by atoms with van der Waals surface area (Å²) in [5.74, 6) is -0.843. The van der Waals surface area contributed by atoms with Gasteiger partial charge in [0, 0.05) is 18.0 Å². The van der Waals surface area contributed by atoms with Gasteiger partial charge in [0.05, 0.1) is 22.5 Å². The average Bonchev–Trinajstić information content (AvgIpc) is 2.93. The molecule has 0 saturated carbocycles. The van der Waals surface area contributed by atoms with Gasteiger partial charge in [-0.05, 0) is 25.1 Å². The number of aromatic carboxylic acids is 1. The molecule has 0 radical (unpaired) electrons. The van der Waals surface area contributed by atoms with Crippen molar-refractivity contribution >= 4 is 17.5 Å². The Bertz CT molecular complexity index is 1050. The number of nitrogens with one attached hydrogen (secondary N) is 1. The van der Waals surface area contributed by atoms with Crippen LogP contribution in [-0.2, 0) is 12.5 Å². The molecule has 3 aromatic rings. The lowest BCUT2D eigenvalue weighted by Gasteiger charge is -2.19. The molecule has 6 heteroatoms. The van der Waals surface area contributed by atoms with E-state index in [9.17, 15) is 14.3 Å². The number of carbonyl (C=O) groups is 1. The Kier molecular flexibility index (Phi) is 4.98. The van der Waals surface area contributed by atoms with Crippen LogP contribution in [0.3, 0.4) is 0 Å². The van der Waals surface area contributed by atoms with E-state index in [1.807, 2.05) is 33.8 Å². The number of carboxylic acid groups (broad SMARTS) is 1. The number of aromatic nitrogens is 2. The van der Waals surface area contributed by atoms with Gasteiger partial charge >= 0.3 is 5.97 Å². The van der Waals surface area contributed by atoms with Gasteiger partial charge in [0.25, 0.3) is 0 Å². The first kappa shape index (κ1) is 19.6. The van der Waals surface area contributed by atoms with Crippen molar-refractivity contribution in [1.82, 2.24) is 9.78 Å². The molecule has 28 heavy (non-hydrogen) atoms. The minimum atomic E-state index is -1.03. The summed E-state index contributed by atoms with van der Waals surface area (Å²) in [6, 6.07) is 11.7. The Morgan fingerprint density at radius 2 is 1.86 bits per heavy atom. The maximum absolute atomic E-state index is 14.7. The van der Waals surface area contributed by atoms with E-state index in [1.54, 1.807) is 42.1 Å². The zero-order valence-electron chi connectivity index (χ0n) is 16.7.